The van der Waals surface area contributed by atoms with Crippen LogP contribution in [0.3, 0.4) is 0 Å². The van der Waals surface area contributed by atoms with Crippen LogP contribution in [-0.2, 0) is 0 Å². The molecular formula is C18H30N2O. The predicted octanol–water partition coefficient (Wildman–Crippen LogP) is 4.46. The number of hydrogen-bond donors (Lipinski definition) is 1. The van der Waals surface area contributed by atoms with Crippen molar-refractivity contribution >= 4 is 11.4 Å². The largest absolute Gasteiger partial charge is 0.491 e. The molecule has 0 radical (unpaired) electrons. The fourth-order valence-corrected chi connectivity index (χ4v) is 3.30. The lowest BCUT2D eigenvalue weighted by Gasteiger charge is -2.36. The normalized spacial score (nSPS) is 22.3. The van der Waals surface area contributed by atoms with E-state index in [0.29, 0.717) is 6.04 Å². The zero-order valence-corrected chi connectivity index (χ0v) is 13.9. The highest BCUT2D eigenvalue weighted by Crippen LogP contribution is 2.33. The third-order valence-electron chi connectivity index (χ3n) is 4.63. The Balaban J connectivity index is 2.08. The molecule has 0 amide bonds. The van der Waals surface area contributed by atoms with Gasteiger partial charge in [-0.05, 0) is 51.5 Å². The summed E-state index contributed by atoms with van der Waals surface area (Å²) in [6.07, 6.45) is 6.76. The summed E-state index contributed by atoms with van der Waals surface area (Å²) in [7, 11) is 2.19. The first-order valence-corrected chi connectivity index (χ1v) is 8.29. The second-order valence-corrected chi connectivity index (χ2v) is 6.62. The maximum atomic E-state index is 6.04. The molecule has 3 heteroatoms. The van der Waals surface area contributed by atoms with Crippen LogP contribution in [0.1, 0.15) is 52.9 Å². The topological polar surface area (TPSA) is 38.5 Å². The number of nitrogen functional groups attached to an aromatic ring is 1. The van der Waals surface area contributed by atoms with Gasteiger partial charge in [0, 0.05) is 36.6 Å². The first kappa shape index (κ1) is 16.0. The van der Waals surface area contributed by atoms with Gasteiger partial charge >= 0.3 is 0 Å². The van der Waals surface area contributed by atoms with Crippen LogP contribution >= 0.6 is 0 Å². The average molecular weight is 290 g/mol. The summed E-state index contributed by atoms with van der Waals surface area (Å²) >= 11 is 0. The molecule has 0 spiro atoms. The van der Waals surface area contributed by atoms with Crippen LogP contribution < -0.4 is 15.4 Å². The molecule has 1 aliphatic rings. The maximum absolute atomic E-state index is 6.04. The summed E-state index contributed by atoms with van der Waals surface area (Å²) in [5, 5.41) is 0. The molecule has 1 fully saturated rings. The highest BCUT2D eigenvalue weighted by Gasteiger charge is 2.23. The van der Waals surface area contributed by atoms with Gasteiger partial charge in [0.2, 0.25) is 0 Å². The molecule has 118 valence electrons. The maximum Gasteiger partial charge on any atom is 0.123 e. The van der Waals surface area contributed by atoms with Crippen molar-refractivity contribution < 1.29 is 4.74 Å². The Bertz CT molecular complexity index is 451. The zero-order valence-electron chi connectivity index (χ0n) is 13.9. The number of hydrogen-bond acceptors (Lipinski definition) is 3. The van der Waals surface area contributed by atoms with E-state index in [1.807, 2.05) is 19.9 Å². The van der Waals surface area contributed by atoms with E-state index in [1.165, 1.54) is 37.8 Å². The molecule has 0 aliphatic heterocycles. The zero-order chi connectivity index (χ0) is 15.4. The lowest BCUT2D eigenvalue weighted by molar-refractivity contribution is 0.242. The fourth-order valence-electron chi connectivity index (χ4n) is 3.30. The van der Waals surface area contributed by atoms with Crippen LogP contribution in [0.15, 0.2) is 18.2 Å². The van der Waals surface area contributed by atoms with Gasteiger partial charge in [-0.25, -0.2) is 0 Å². The molecule has 2 N–H and O–H groups in total. The van der Waals surface area contributed by atoms with Crippen molar-refractivity contribution in [3.63, 3.8) is 0 Å². The van der Waals surface area contributed by atoms with E-state index < -0.39 is 0 Å². The Morgan fingerprint density at radius 3 is 2.43 bits per heavy atom. The van der Waals surface area contributed by atoms with Crippen molar-refractivity contribution in [2.24, 2.45) is 5.92 Å². The van der Waals surface area contributed by atoms with Gasteiger partial charge in [0.05, 0.1) is 6.10 Å². The molecule has 0 aromatic heterocycles. The van der Waals surface area contributed by atoms with Gasteiger partial charge in [-0.15, -0.1) is 0 Å². The number of ether oxygens (including phenoxy) is 1. The Morgan fingerprint density at radius 1 is 1.19 bits per heavy atom. The molecule has 0 saturated heterocycles. The summed E-state index contributed by atoms with van der Waals surface area (Å²) in [6, 6.07) is 6.70. The molecule has 1 aromatic rings. The Hall–Kier alpha value is -1.38. The van der Waals surface area contributed by atoms with E-state index in [2.05, 4.69) is 31.0 Å². The number of anilines is 2. The molecule has 0 heterocycles. The highest BCUT2D eigenvalue weighted by atomic mass is 16.5. The van der Waals surface area contributed by atoms with Crippen LogP contribution in [0.4, 0.5) is 11.4 Å². The van der Waals surface area contributed by atoms with Gasteiger partial charge in [0.25, 0.3) is 0 Å². The van der Waals surface area contributed by atoms with Crippen LogP contribution in [0.2, 0.25) is 0 Å². The SMILES string of the molecule is CCC1CCC(N(C)c2cc(N)cc(OC(C)C)c2)CC1. The van der Waals surface area contributed by atoms with Crippen molar-refractivity contribution in [1.82, 2.24) is 0 Å². The number of rotatable bonds is 5. The minimum absolute atomic E-state index is 0.171. The molecule has 1 aromatic carbocycles. The van der Waals surface area contributed by atoms with E-state index in [-0.39, 0.29) is 6.10 Å². The summed E-state index contributed by atoms with van der Waals surface area (Å²) < 4.78 is 5.80. The molecule has 0 unspecified atom stereocenters. The van der Waals surface area contributed by atoms with Crippen LogP contribution in [0, 0.1) is 5.92 Å². The Labute approximate surface area is 129 Å². The molecule has 3 nitrogen and oxygen atoms in total. The van der Waals surface area contributed by atoms with E-state index in [1.54, 1.807) is 0 Å². The van der Waals surface area contributed by atoms with Crippen molar-refractivity contribution in [2.75, 3.05) is 17.7 Å². The second kappa shape index (κ2) is 7.06. The first-order chi connectivity index (χ1) is 9.99. The lowest BCUT2D eigenvalue weighted by Crippen LogP contribution is -2.35. The third-order valence-corrected chi connectivity index (χ3v) is 4.63. The van der Waals surface area contributed by atoms with Gasteiger partial charge in [-0.2, -0.15) is 0 Å². The Kier molecular flexibility index (Phi) is 5.38. The summed E-state index contributed by atoms with van der Waals surface area (Å²) in [5.41, 5.74) is 7.99. The molecule has 0 atom stereocenters. The number of nitrogens with two attached hydrogens (primary N) is 1. The number of benzene rings is 1. The lowest BCUT2D eigenvalue weighted by atomic mass is 9.84. The van der Waals surface area contributed by atoms with Gasteiger partial charge in [0.1, 0.15) is 5.75 Å². The van der Waals surface area contributed by atoms with Crippen molar-refractivity contribution in [3.05, 3.63) is 18.2 Å². The molecule has 1 saturated carbocycles. The van der Waals surface area contributed by atoms with Crippen LogP contribution in [0.5, 0.6) is 5.75 Å². The Morgan fingerprint density at radius 2 is 1.86 bits per heavy atom. The van der Waals surface area contributed by atoms with Gasteiger partial charge in [0.15, 0.2) is 0 Å². The minimum Gasteiger partial charge on any atom is -0.491 e. The summed E-state index contributed by atoms with van der Waals surface area (Å²) in [4.78, 5) is 2.38. The van der Waals surface area contributed by atoms with Gasteiger partial charge < -0.3 is 15.4 Å². The molecule has 1 aliphatic carbocycles. The van der Waals surface area contributed by atoms with Crippen LogP contribution in [-0.4, -0.2) is 19.2 Å². The fraction of sp³-hybridized carbons (Fsp3) is 0.667. The molecular weight excluding hydrogens is 260 g/mol. The summed E-state index contributed by atoms with van der Waals surface area (Å²) in [6.45, 7) is 6.39. The van der Waals surface area contributed by atoms with E-state index in [0.717, 1.165) is 17.4 Å². The monoisotopic (exact) mass is 290 g/mol. The van der Waals surface area contributed by atoms with E-state index in [4.69, 9.17) is 10.5 Å². The molecule has 0 bridgehead atoms. The van der Waals surface area contributed by atoms with Crippen molar-refractivity contribution in [2.45, 2.75) is 65.0 Å². The van der Waals surface area contributed by atoms with Gasteiger partial charge in [-0.1, -0.05) is 13.3 Å². The van der Waals surface area contributed by atoms with Crippen molar-refractivity contribution in [3.8, 4) is 5.75 Å². The molecule has 21 heavy (non-hydrogen) atoms. The number of nitrogens with zero attached hydrogens (tertiary/aromatic N) is 1. The molecule has 2 rings (SSSR count). The quantitative estimate of drug-likeness (QED) is 0.814. The van der Waals surface area contributed by atoms with Gasteiger partial charge in [-0.3, -0.25) is 0 Å². The predicted molar refractivity (Wildman–Crippen MR) is 91.1 cm³/mol. The third kappa shape index (κ3) is 4.29. The standard InChI is InChI=1S/C18H30N2O/c1-5-14-6-8-16(9-7-14)20(4)17-10-15(19)11-18(12-17)21-13(2)3/h10-14,16H,5-9,19H2,1-4H3. The smallest absolute Gasteiger partial charge is 0.123 e. The van der Waals surface area contributed by atoms with Crippen LogP contribution in [0.25, 0.3) is 0 Å². The van der Waals surface area contributed by atoms with E-state index in [9.17, 15) is 0 Å². The summed E-state index contributed by atoms with van der Waals surface area (Å²) in [5.74, 6) is 1.80. The second-order valence-electron chi connectivity index (χ2n) is 6.62. The van der Waals surface area contributed by atoms with E-state index >= 15 is 0 Å². The minimum atomic E-state index is 0.171. The highest BCUT2D eigenvalue weighted by molar-refractivity contribution is 5.60. The first-order valence-electron chi connectivity index (χ1n) is 8.29. The van der Waals surface area contributed by atoms with Crippen molar-refractivity contribution in [1.29, 1.82) is 0 Å². The average Bonchev–Trinajstić information content (AvgIpc) is 2.45.